The Morgan fingerprint density at radius 2 is 2.00 bits per heavy atom. The molecule has 5 nitrogen and oxygen atoms in total. The lowest BCUT2D eigenvalue weighted by atomic mass is 10.1. The lowest BCUT2D eigenvalue weighted by molar-refractivity contribution is 0.514. The summed E-state index contributed by atoms with van der Waals surface area (Å²) in [5, 5.41) is 4.32. The average molecular weight is 307 g/mol. The molecule has 0 amide bonds. The largest absolute Gasteiger partial charge is 0.328 e. The van der Waals surface area contributed by atoms with Crippen LogP contribution in [0.15, 0.2) is 55.1 Å². The van der Waals surface area contributed by atoms with Crippen molar-refractivity contribution in [3.05, 3.63) is 60.7 Å². The first-order chi connectivity index (χ1) is 11.3. The number of hydrogen-bond acceptors (Lipinski definition) is 3. The highest BCUT2D eigenvalue weighted by atomic mass is 15.3. The molecule has 2 atom stereocenters. The van der Waals surface area contributed by atoms with Crippen molar-refractivity contribution >= 4 is 0 Å². The SMILES string of the molecule is N[C@H]1CC[C@@H](n2ccnc2-c2ccccc2Cn2cccn2)C1. The molecule has 23 heavy (non-hydrogen) atoms. The Balaban J connectivity index is 1.70. The Labute approximate surface area is 135 Å². The van der Waals surface area contributed by atoms with Crippen molar-refractivity contribution in [2.45, 2.75) is 37.9 Å². The zero-order valence-corrected chi connectivity index (χ0v) is 13.0. The summed E-state index contributed by atoms with van der Waals surface area (Å²) in [6.45, 7) is 0.750. The van der Waals surface area contributed by atoms with Gasteiger partial charge in [-0.2, -0.15) is 5.10 Å². The highest BCUT2D eigenvalue weighted by Gasteiger charge is 2.25. The van der Waals surface area contributed by atoms with E-state index in [-0.39, 0.29) is 0 Å². The Kier molecular flexibility index (Phi) is 3.71. The van der Waals surface area contributed by atoms with Gasteiger partial charge in [-0.05, 0) is 30.9 Å². The number of hydrogen-bond donors (Lipinski definition) is 1. The van der Waals surface area contributed by atoms with Gasteiger partial charge in [-0.3, -0.25) is 4.68 Å². The lowest BCUT2D eigenvalue weighted by Gasteiger charge is -2.17. The third-order valence-corrected chi connectivity index (χ3v) is 4.66. The fourth-order valence-corrected chi connectivity index (χ4v) is 3.51. The topological polar surface area (TPSA) is 61.7 Å². The molecule has 0 unspecified atom stereocenters. The van der Waals surface area contributed by atoms with E-state index in [9.17, 15) is 0 Å². The van der Waals surface area contributed by atoms with Crippen molar-refractivity contribution in [1.82, 2.24) is 19.3 Å². The van der Waals surface area contributed by atoms with Crippen molar-refractivity contribution in [3.8, 4) is 11.4 Å². The summed E-state index contributed by atoms with van der Waals surface area (Å²) in [4.78, 5) is 4.64. The van der Waals surface area contributed by atoms with E-state index in [4.69, 9.17) is 5.73 Å². The first-order valence-electron chi connectivity index (χ1n) is 8.15. The molecule has 2 N–H and O–H groups in total. The van der Waals surface area contributed by atoms with Gasteiger partial charge in [0.05, 0.1) is 6.54 Å². The zero-order chi connectivity index (χ0) is 15.6. The first-order valence-corrected chi connectivity index (χ1v) is 8.15. The fourth-order valence-electron chi connectivity index (χ4n) is 3.51. The summed E-state index contributed by atoms with van der Waals surface area (Å²) >= 11 is 0. The second-order valence-electron chi connectivity index (χ2n) is 6.25. The van der Waals surface area contributed by atoms with Gasteiger partial charge in [0.1, 0.15) is 5.82 Å². The molecule has 0 radical (unpaired) electrons. The highest BCUT2D eigenvalue weighted by Crippen LogP contribution is 2.33. The quantitative estimate of drug-likeness (QED) is 0.806. The molecule has 1 aliphatic carbocycles. The van der Waals surface area contributed by atoms with E-state index in [0.717, 1.165) is 31.6 Å². The molecule has 0 bridgehead atoms. The maximum Gasteiger partial charge on any atom is 0.140 e. The second kappa shape index (κ2) is 6.01. The van der Waals surface area contributed by atoms with Gasteiger partial charge in [-0.25, -0.2) is 4.98 Å². The van der Waals surface area contributed by atoms with E-state index in [0.29, 0.717) is 12.1 Å². The minimum Gasteiger partial charge on any atom is -0.328 e. The molecule has 1 aromatic carbocycles. The standard InChI is InChI=1S/C18H21N5/c19-15-6-7-16(12-15)23-11-9-20-18(23)17-5-2-1-4-14(17)13-22-10-3-8-21-22/h1-5,8-11,15-16H,6-7,12-13,19H2/t15-,16+/m0/s1. The van der Waals surface area contributed by atoms with Crippen molar-refractivity contribution in [2.24, 2.45) is 5.73 Å². The van der Waals surface area contributed by atoms with Crippen LogP contribution in [0.5, 0.6) is 0 Å². The molecule has 4 rings (SSSR count). The number of nitrogens with two attached hydrogens (primary N) is 1. The zero-order valence-electron chi connectivity index (χ0n) is 13.0. The van der Waals surface area contributed by atoms with Gasteiger partial charge >= 0.3 is 0 Å². The summed E-state index contributed by atoms with van der Waals surface area (Å²) in [5.41, 5.74) is 8.50. The Morgan fingerprint density at radius 3 is 2.78 bits per heavy atom. The first kappa shape index (κ1) is 14.2. The number of benzene rings is 1. The molecule has 1 saturated carbocycles. The van der Waals surface area contributed by atoms with Gasteiger partial charge in [0.2, 0.25) is 0 Å². The van der Waals surface area contributed by atoms with Crippen LogP contribution in [0, 0.1) is 0 Å². The third kappa shape index (κ3) is 2.80. The van der Waals surface area contributed by atoms with E-state index in [1.807, 2.05) is 29.3 Å². The molecule has 0 aliphatic heterocycles. The minimum absolute atomic E-state index is 0.314. The maximum absolute atomic E-state index is 6.09. The van der Waals surface area contributed by atoms with E-state index in [1.54, 1.807) is 0 Å². The van der Waals surface area contributed by atoms with Crippen LogP contribution in [-0.4, -0.2) is 25.4 Å². The summed E-state index contributed by atoms with van der Waals surface area (Å²) in [5.74, 6) is 1.03. The van der Waals surface area contributed by atoms with Gasteiger partial charge in [0.15, 0.2) is 0 Å². The van der Waals surface area contributed by atoms with Crippen molar-refractivity contribution < 1.29 is 0 Å². The van der Waals surface area contributed by atoms with Crippen molar-refractivity contribution in [2.75, 3.05) is 0 Å². The molecule has 2 heterocycles. The summed E-state index contributed by atoms with van der Waals surface area (Å²) in [7, 11) is 0. The molecule has 2 aromatic heterocycles. The van der Waals surface area contributed by atoms with E-state index in [1.165, 1.54) is 11.1 Å². The molecule has 1 fully saturated rings. The molecular weight excluding hydrogens is 286 g/mol. The van der Waals surface area contributed by atoms with Crippen LogP contribution in [0.3, 0.4) is 0 Å². The van der Waals surface area contributed by atoms with Crippen molar-refractivity contribution in [1.29, 1.82) is 0 Å². The summed E-state index contributed by atoms with van der Waals surface area (Å²) < 4.78 is 4.24. The van der Waals surface area contributed by atoms with Crippen LogP contribution < -0.4 is 5.73 Å². The van der Waals surface area contributed by atoms with E-state index >= 15 is 0 Å². The molecular formula is C18H21N5. The van der Waals surface area contributed by atoms with Gasteiger partial charge in [0, 0.05) is 42.4 Å². The van der Waals surface area contributed by atoms with Crippen LogP contribution >= 0.6 is 0 Å². The monoisotopic (exact) mass is 307 g/mol. The lowest BCUT2D eigenvalue weighted by Crippen LogP contribution is -2.16. The predicted molar refractivity (Wildman–Crippen MR) is 89.9 cm³/mol. The van der Waals surface area contributed by atoms with Gasteiger partial charge in [-0.15, -0.1) is 0 Å². The molecule has 118 valence electrons. The summed E-state index contributed by atoms with van der Waals surface area (Å²) in [6, 6.07) is 11.2. The fraction of sp³-hybridized carbons (Fsp3) is 0.333. The second-order valence-corrected chi connectivity index (χ2v) is 6.25. The molecule has 5 heteroatoms. The number of nitrogens with zero attached hydrogens (tertiary/aromatic N) is 4. The molecule has 0 saturated heterocycles. The van der Waals surface area contributed by atoms with Crippen LogP contribution in [0.25, 0.3) is 11.4 Å². The van der Waals surface area contributed by atoms with Gasteiger partial charge in [-0.1, -0.05) is 24.3 Å². The predicted octanol–water partition coefficient (Wildman–Crippen LogP) is 2.85. The third-order valence-electron chi connectivity index (χ3n) is 4.66. The van der Waals surface area contributed by atoms with E-state index < -0.39 is 0 Å². The smallest absolute Gasteiger partial charge is 0.140 e. The van der Waals surface area contributed by atoms with Gasteiger partial charge < -0.3 is 10.3 Å². The molecule has 0 spiro atoms. The highest BCUT2D eigenvalue weighted by molar-refractivity contribution is 5.61. The Hall–Kier alpha value is -2.40. The van der Waals surface area contributed by atoms with Crippen LogP contribution in [0.4, 0.5) is 0 Å². The maximum atomic E-state index is 6.09. The number of rotatable bonds is 4. The molecule has 1 aliphatic rings. The molecule has 3 aromatic rings. The normalized spacial score (nSPS) is 20.9. The Bertz CT molecular complexity index is 774. The Morgan fingerprint density at radius 1 is 1.09 bits per heavy atom. The van der Waals surface area contributed by atoms with Crippen molar-refractivity contribution in [3.63, 3.8) is 0 Å². The van der Waals surface area contributed by atoms with Gasteiger partial charge in [0.25, 0.3) is 0 Å². The van der Waals surface area contributed by atoms with Crippen LogP contribution in [-0.2, 0) is 6.54 Å². The van der Waals surface area contributed by atoms with Crippen LogP contribution in [0.2, 0.25) is 0 Å². The average Bonchev–Trinajstić information content (AvgIpc) is 3.28. The van der Waals surface area contributed by atoms with E-state index in [2.05, 4.69) is 45.1 Å². The van der Waals surface area contributed by atoms with Crippen LogP contribution in [0.1, 0.15) is 30.9 Å². The summed E-state index contributed by atoms with van der Waals surface area (Å²) in [6.07, 6.45) is 11.0. The minimum atomic E-state index is 0.314. The number of aromatic nitrogens is 4. The number of imidazole rings is 1.